The van der Waals surface area contributed by atoms with E-state index < -0.39 is 0 Å². The Morgan fingerprint density at radius 1 is 1.56 bits per heavy atom. The molecule has 5 heteroatoms. The Morgan fingerprint density at radius 3 is 3.00 bits per heavy atom. The van der Waals surface area contributed by atoms with E-state index in [-0.39, 0.29) is 12.6 Å². The van der Waals surface area contributed by atoms with Crippen LogP contribution < -0.4 is 5.32 Å². The molecule has 0 aliphatic heterocycles. The molecule has 1 fully saturated rings. The van der Waals surface area contributed by atoms with Crippen molar-refractivity contribution in [1.29, 1.82) is 0 Å². The fraction of sp³-hybridized carbons (Fsp3) is 0.769. The second-order valence-electron chi connectivity index (χ2n) is 4.94. The first-order chi connectivity index (χ1) is 8.83. The van der Waals surface area contributed by atoms with Crippen LogP contribution >= 0.6 is 0 Å². The van der Waals surface area contributed by atoms with Gasteiger partial charge in [-0.2, -0.15) is 5.10 Å². The van der Waals surface area contributed by atoms with Crippen molar-refractivity contribution in [3.63, 3.8) is 0 Å². The topological polar surface area (TPSA) is 59.3 Å². The van der Waals surface area contributed by atoms with Gasteiger partial charge in [0.1, 0.15) is 0 Å². The summed E-state index contributed by atoms with van der Waals surface area (Å²) in [7, 11) is 1.64. The molecule has 2 N–H and O–H groups in total. The first-order valence-corrected chi connectivity index (χ1v) is 6.70. The lowest BCUT2D eigenvalue weighted by atomic mass is 10.3. The van der Waals surface area contributed by atoms with Crippen molar-refractivity contribution in [3.8, 4) is 0 Å². The van der Waals surface area contributed by atoms with Gasteiger partial charge in [-0.1, -0.05) is 12.8 Å². The van der Waals surface area contributed by atoms with Crippen LogP contribution in [0.15, 0.2) is 12.3 Å². The van der Waals surface area contributed by atoms with Crippen molar-refractivity contribution >= 4 is 0 Å². The predicted octanol–water partition coefficient (Wildman–Crippen LogP) is 1.10. The Labute approximate surface area is 108 Å². The Balaban J connectivity index is 1.82. The summed E-state index contributed by atoms with van der Waals surface area (Å²) in [6.45, 7) is 1.27. The van der Waals surface area contributed by atoms with Crippen molar-refractivity contribution in [2.45, 2.75) is 44.3 Å². The van der Waals surface area contributed by atoms with Gasteiger partial charge in [-0.25, -0.2) is 0 Å². The van der Waals surface area contributed by atoms with Gasteiger partial charge in [0.2, 0.25) is 0 Å². The smallest absolute Gasteiger partial charge is 0.0762 e. The number of hydrogen-bond donors (Lipinski definition) is 2. The quantitative estimate of drug-likeness (QED) is 0.764. The van der Waals surface area contributed by atoms with Gasteiger partial charge >= 0.3 is 0 Å². The summed E-state index contributed by atoms with van der Waals surface area (Å²) < 4.78 is 7.11. The molecule has 5 nitrogen and oxygen atoms in total. The number of aromatic nitrogens is 2. The minimum Gasteiger partial charge on any atom is -0.395 e. The SMILES string of the molecule is COCC(CO)NCc1ccn(C2CCCC2)n1. The van der Waals surface area contributed by atoms with Crippen molar-refractivity contribution in [3.05, 3.63) is 18.0 Å². The third-order valence-corrected chi connectivity index (χ3v) is 3.52. The molecule has 102 valence electrons. The number of rotatable bonds is 7. The van der Waals surface area contributed by atoms with E-state index in [9.17, 15) is 0 Å². The van der Waals surface area contributed by atoms with Crippen molar-refractivity contribution in [1.82, 2.24) is 15.1 Å². The third kappa shape index (κ3) is 3.54. The lowest BCUT2D eigenvalue weighted by Gasteiger charge is -2.14. The van der Waals surface area contributed by atoms with Gasteiger partial charge in [0.15, 0.2) is 0 Å². The first kappa shape index (κ1) is 13.5. The fourth-order valence-electron chi connectivity index (χ4n) is 2.47. The summed E-state index contributed by atoms with van der Waals surface area (Å²) in [5.41, 5.74) is 1.02. The van der Waals surface area contributed by atoms with E-state index in [1.54, 1.807) is 7.11 Å². The number of hydrogen-bond acceptors (Lipinski definition) is 4. The molecular weight excluding hydrogens is 230 g/mol. The molecule has 0 bridgehead atoms. The molecule has 1 heterocycles. The summed E-state index contributed by atoms with van der Waals surface area (Å²) in [5, 5.41) is 17.0. The van der Waals surface area contributed by atoms with Crippen LogP contribution in [0.1, 0.15) is 37.4 Å². The molecule has 0 aromatic carbocycles. The van der Waals surface area contributed by atoms with Crippen LogP contribution in [0, 0.1) is 0 Å². The maximum absolute atomic E-state index is 9.14. The number of aliphatic hydroxyl groups is 1. The minimum absolute atomic E-state index is 0.0216. The Hall–Kier alpha value is -0.910. The average Bonchev–Trinajstić information content (AvgIpc) is 3.04. The second-order valence-corrected chi connectivity index (χ2v) is 4.94. The minimum atomic E-state index is -0.0216. The van der Waals surface area contributed by atoms with E-state index in [2.05, 4.69) is 21.3 Å². The molecule has 1 atom stereocenters. The van der Waals surface area contributed by atoms with E-state index in [0.717, 1.165) is 5.69 Å². The molecule has 0 amide bonds. The van der Waals surface area contributed by atoms with Gasteiger partial charge in [0.25, 0.3) is 0 Å². The van der Waals surface area contributed by atoms with E-state index in [0.29, 0.717) is 19.2 Å². The van der Waals surface area contributed by atoms with Gasteiger partial charge in [0, 0.05) is 19.9 Å². The maximum atomic E-state index is 9.14. The molecule has 1 aromatic rings. The molecule has 2 rings (SSSR count). The van der Waals surface area contributed by atoms with Crippen LogP contribution in [0.5, 0.6) is 0 Å². The Kier molecular flexibility index (Phi) is 5.16. The molecule has 18 heavy (non-hydrogen) atoms. The highest BCUT2D eigenvalue weighted by Crippen LogP contribution is 2.28. The van der Waals surface area contributed by atoms with Crippen molar-refractivity contribution in [2.75, 3.05) is 20.3 Å². The summed E-state index contributed by atoms with van der Waals surface area (Å²) >= 11 is 0. The molecule has 1 saturated carbocycles. The summed E-state index contributed by atoms with van der Waals surface area (Å²) in [6.07, 6.45) is 7.20. The first-order valence-electron chi connectivity index (χ1n) is 6.70. The lowest BCUT2D eigenvalue weighted by Crippen LogP contribution is -2.36. The Bertz CT molecular complexity index is 348. The standard InChI is InChI=1S/C13H23N3O2/c1-18-10-12(9-17)14-8-11-6-7-16(15-11)13-4-2-3-5-13/h6-7,12-14,17H,2-5,8-10H2,1H3. The number of nitrogens with zero attached hydrogens (tertiary/aromatic N) is 2. The van der Waals surface area contributed by atoms with Gasteiger partial charge in [-0.15, -0.1) is 0 Å². The molecule has 1 aliphatic carbocycles. The monoisotopic (exact) mass is 253 g/mol. The maximum Gasteiger partial charge on any atom is 0.0762 e. The average molecular weight is 253 g/mol. The van der Waals surface area contributed by atoms with Crippen LogP contribution in [-0.2, 0) is 11.3 Å². The van der Waals surface area contributed by atoms with Gasteiger partial charge in [-0.3, -0.25) is 4.68 Å². The highest BCUT2D eigenvalue weighted by Gasteiger charge is 2.17. The summed E-state index contributed by atoms with van der Waals surface area (Å²) in [4.78, 5) is 0. The summed E-state index contributed by atoms with van der Waals surface area (Å²) in [6, 6.07) is 2.62. The van der Waals surface area contributed by atoms with Crippen molar-refractivity contribution < 1.29 is 9.84 Å². The number of methoxy groups -OCH3 is 1. The molecule has 0 radical (unpaired) electrons. The van der Waals surface area contributed by atoms with Crippen LogP contribution in [0.3, 0.4) is 0 Å². The lowest BCUT2D eigenvalue weighted by molar-refractivity contribution is 0.128. The molecule has 0 spiro atoms. The molecule has 1 aromatic heterocycles. The van der Waals surface area contributed by atoms with E-state index in [1.165, 1.54) is 25.7 Å². The van der Waals surface area contributed by atoms with Crippen LogP contribution in [0.4, 0.5) is 0 Å². The number of nitrogens with one attached hydrogen (secondary N) is 1. The highest BCUT2D eigenvalue weighted by molar-refractivity contribution is 5.00. The Morgan fingerprint density at radius 2 is 2.33 bits per heavy atom. The molecular formula is C13H23N3O2. The third-order valence-electron chi connectivity index (χ3n) is 3.52. The van der Waals surface area contributed by atoms with Gasteiger partial charge in [0.05, 0.1) is 31.0 Å². The zero-order chi connectivity index (χ0) is 12.8. The van der Waals surface area contributed by atoms with E-state index in [4.69, 9.17) is 9.84 Å². The van der Waals surface area contributed by atoms with Gasteiger partial charge < -0.3 is 15.2 Å². The molecule has 1 unspecified atom stereocenters. The van der Waals surface area contributed by atoms with E-state index >= 15 is 0 Å². The largest absolute Gasteiger partial charge is 0.395 e. The second kappa shape index (κ2) is 6.87. The van der Waals surface area contributed by atoms with Crippen LogP contribution in [0.2, 0.25) is 0 Å². The zero-order valence-electron chi connectivity index (χ0n) is 11.0. The van der Waals surface area contributed by atoms with Crippen LogP contribution in [-0.4, -0.2) is 41.3 Å². The van der Waals surface area contributed by atoms with E-state index in [1.807, 2.05) is 6.07 Å². The summed E-state index contributed by atoms with van der Waals surface area (Å²) in [5.74, 6) is 0. The normalized spacial score (nSPS) is 18.3. The predicted molar refractivity (Wildman–Crippen MR) is 69.3 cm³/mol. The number of aliphatic hydroxyl groups excluding tert-OH is 1. The molecule has 1 aliphatic rings. The fourth-order valence-corrected chi connectivity index (χ4v) is 2.47. The van der Waals surface area contributed by atoms with Gasteiger partial charge in [-0.05, 0) is 18.9 Å². The molecule has 0 saturated heterocycles. The van der Waals surface area contributed by atoms with Crippen LogP contribution in [0.25, 0.3) is 0 Å². The zero-order valence-corrected chi connectivity index (χ0v) is 11.0. The van der Waals surface area contributed by atoms with Crippen molar-refractivity contribution in [2.24, 2.45) is 0 Å². The highest BCUT2D eigenvalue weighted by atomic mass is 16.5. The number of ether oxygens (including phenoxy) is 1.